The second-order valence-corrected chi connectivity index (χ2v) is 8.13. The van der Waals surface area contributed by atoms with Gasteiger partial charge in [0.15, 0.2) is 17.0 Å². The lowest BCUT2D eigenvalue weighted by Crippen LogP contribution is -2.49. The highest BCUT2D eigenvalue weighted by atomic mass is 35.5. The average Bonchev–Trinajstić information content (AvgIpc) is 3.33. The monoisotopic (exact) mass is 479 g/mol. The van der Waals surface area contributed by atoms with Gasteiger partial charge in [0, 0.05) is 37.3 Å². The summed E-state index contributed by atoms with van der Waals surface area (Å²) in [5.74, 6) is 1.74. The zero-order chi connectivity index (χ0) is 23.7. The minimum absolute atomic E-state index is 0.0827. The molecule has 5 rings (SSSR count). The van der Waals surface area contributed by atoms with Crippen LogP contribution in [0, 0.1) is 0 Å². The SMILES string of the molecule is COc1ccc(C(=O)N2CCN(c3ncnc4c3nnn4-c3ccc(Cl)cc3)CC2)c(OC)c1. The van der Waals surface area contributed by atoms with Gasteiger partial charge in [0.25, 0.3) is 5.91 Å². The number of rotatable bonds is 5. The molecule has 0 unspecified atom stereocenters. The Morgan fingerprint density at radius 3 is 2.44 bits per heavy atom. The van der Waals surface area contributed by atoms with Crippen LogP contribution in [0.5, 0.6) is 11.5 Å². The van der Waals surface area contributed by atoms with E-state index in [-0.39, 0.29) is 5.91 Å². The van der Waals surface area contributed by atoms with Crippen molar-refractivity contribution in [2.45, 2.75) is 0 Å². The van der Waals surface area contributed by atoms with E-state index in [2.05, 4.69) is 25.2 Å². The fraction of sp³-hybridized carbons (Fsp3) is 0.261. The van der Waals surface area contributed by atoms with Crippen LogP contribution in [-0.4, -0.2) is 76.2 Å². The Morgan fingerprint density at radius 1 is 0.971 bits per heavy atom. The van der Waals surface area contributed by atoms with Crippen LogP contribution in [0.3, 0.4) is 0 Å². The van der Waals surface area contributed by atoms with E-state index >= 15 is 0 Å². The van der Waals surface area contributed by atoms with Gasteiger partial charge in [-0.1, -0.05) is 16.8 Å². The quantitative estimate of drug-likeness (QED) is 0.431. The first-order valence-corrected chi connectivity index (χ1v) is 11.1. The predicted octanol–water partition coefficient (Wildman–Crippen LogP) is 2.84. The maximum Gasteiger partial charge on any atom is 0.257 e. The van der Waals surface area contributed by atoms with Crippen LogP contribution in [-0.2, 0) is 0 Å². The molecule has 1 aliphatic rings. The molecule has 1 saturated heterocycles. The second-order valence-electron chi connectivity index (χ2n) is 7.69. The maximum absolute atomic E-state index is 13.1. The highest BCUT2D eigenvalue weighted by Crippen LogP contribution is 2.28. The topological polar surface area (TPSA) is 98.5 Å². The lowest BCUT2D eigenvalue weighted by Gasteiger charge is -2.35. The molecule has 0 atom stereocenters. The molecule has 0 N–H and O–H groups in total. The molecule has 2 aromatic carbocycles. The number of anilines is 1. The van der Waals surface area contributed by atoms with E-state index in [4.69, 9.17) is 21.1 Å². The van der Waals surface area contributed by atoms with Crippen molar-refractivity contribution in [1.82, 2.24) is 29.9 Å². The summed E-state index contributed by atoms with van der Waals surface area (Å²) in [6.45, 7) is 2.27. The van der Waals surface area contributed by atoms with Gasteiger partial charge in [-0.15, -0.1) is 5.10 Å². The summed E-state index contributed by atoms with van der Waals surface area (Å²) in [5, 5.41) is 9.25. The van der Waals surface area contributed by atoms with Crippen molar-refractivity contribution in [3.63, 3.8) is 0 Å². The molecule has 34 heavy (non-hydrogen) atoms. The van der Waals surface area contributed by atoms with Crippen molar-refractivity contribution in [2.24, 2.45) is 0 Å². The average molecular weight is 480 g/mol. The first-order valence-electron chi connectivity index (χ1n) is 10.7. The fourth-order valence-electron chi connectivity index (χ4n) is 3.99. The molecule has 0 bridgehead atoms. The molecule has 0 saturated carbocycles. The van der Waals surface area contributed by atoms with E-state index < -0.39 is 0 Å². The van der Waals surface area contributed by atoms with Crippen LogP contribution in [0.4, 0.5) is 5.82 Å². The largest absolute Gasteiger partial charge is 0.497 e. The van der Waals surface area contributed by atoms with Crippen LogP contribution < -0.4 is 14.4 Å². The molecule has 4 aromatic rings. The van der Waals surface area contributed by atoms with Gasteiger partial charge in [-0.25, -0.2) is 9.97 Å². The molecule has 1 aliphatic heterocycles. The third-order valence-corrected chi connectivity index (χ3v) is 6.05. The van der Waals surface area contributed by atoms with Crippen LogP contribution in [0.25, 0.3) is 16.9 Å². The number of carbonyl (C=O) groups is 1. The van der Waals surface area contributed by atoms with Gasteiger partial charge < -0.3 is 19.3 Å². The van der Waals surface area contributed by atoms with Gasteiger partial charge >= 0.3 is 0 Å². The van der Waals surface area contributed by atoms with Gasteiger partial charge in [-0.2, -0.15) is 4.68 Å². The summed E-state index contributed by atoms with van der Waals surface area (Å²) in [5.41, 5.74) is 2.52. The van der Waals surface area contributed by atoms with Gasteiger partial charge in [-0.3, -0.25) is 4.79 Å². The zero-order valence-electron chi connectivity index (χ0n) is 18.7. The molecule has 0 aliphatic carbocycles. The molecule has 11 heteroatoms. The second kappa shape index (κ2) is 9.14. The van der Waals surface area contributed by atoms with E-state index in [1.807, 2.05) is 17.0 Å². The molecule has 2 aromatic heterocycles. The molecule has 1 amide bonds. The van der Waals surface area contributed by atoms with Crippen molar-refractivity contribution in [1.29, 1.82) is 0 Å². The molecule has 3 heterocycles. The Balaban J connectivity index is 1.35. The van der Waals surface area contributed by atoms with E-state index in [0.29, 0.717) is 65.2 Å². The van der Waals surface area contributed by atoms with Crippen molar-refractivity contribution < 1.29 is 14.3 Å². The highest BCUT2D eigenvalue weighted by molar-refractivity contribution is 6.30. The van der Waals surface area contributed by atoms with Crippen LogP contribution in [0.1, 0.15) is 10.4 Å². The standard InChI is InChI=1S/C23H22ClN7O3/c1-33-17-7-8-18(19(13-17)34-2)23(32)30-11-9-29(10-12-30)21-20-22(26-14-25-21)31(28-27-20)16-5-3-15(24)4-6-16/h3-8,13-14H,9-12H2,1-2H3. The van der Waals surface area contributed by atoms with Crippen LogP contribution in [0.15, 0.2) is 48.8 Å². The number of hydrogen-bond acceptors (Lipinski definition) is 8. The Kier molecular flexibility index (Phi) is 5.89. The van der Waals surface area contributed by atoms with Crippen LogP contribution in [0.2, 0.25) is 5.02 Å². The van der Waals surface area contributed by atoms with Crippen molar-refractivity contribution in [3.05, 3.63) is 59.4 Å². The molecular weight excluding hydrogens is 458 g/mol. The molecule has 174 valence electrons. The lowest BCUT2D eigenvalue weighted by atomic mass is 10.1. The van der Waals surface area contributed by atoms with Gasteiger partial charge in [-0.05, 0) is 36.4 Å². The predicted molar refractivity (Wildman–Crippen MR) is 127 cm³/mol. The van der Waals surface area contributed by atoms with Crippen molar-refractivity contribution in [3.8, 4) is 17.2 Å². The van der Waals surface area contributed by atoms with Gasteiger partial charge in [0.05, 0.1) is 25.5 Å². The maximum atomic E-state index is 13.1. The zero-order valence-corrected chi connectivity index (χ0v) is 19.4. The minimum Gasteiger partial charge on any atom is -0.497 e. The summed E-state index contributed by atoms with van der Waals surface area (Å²) in [6.07, 6.45) is 1.51. The molecule has 0 spiro atoms. The Labute approximate surface area is 200 Å². The number of nitrogens with zero attached hydrogens (tertiary/aromatic N) is 7. The van der Waals surface area contributed by atoms with Gasteiger partial charge in [0.1, 0.15) is 17.8 Å². The van der Waals surface area contributed by atoms with Crippen molar-refractivity contribution in [2.75, 3.05) is 45.3 Å². The number of methoxy groups -OCH3 is 2. The van der Waals surface area contributed by atoms with E-state index in [0.717, 1.165) is 5.69 Å². The number of fused-ring (bicyclic) bond motifs is 1. The summed E-state index contributed by atoms with van der Waals surface area (Å²) in [7, 11) is 3.12. The summed E-state index contributed by atoms with van der Waals surface area (Å²) in [6, 6.07) is 12.5. The Hall–Kier alpha value is -3.92. The first kappa shape index (κ1) is 21.9. The number of piperazine rings is 1. The third kappa shape index (κ3) is 3.96. The van der Waals surface area contributed by atoms with E-state index in [9.17, 15) is 4.79 Å². The molecule has 10 nitrogen and oxygen atoms in total. The number of ether oxygens (including phenoxy) is 2. The smallest absolute Gasteiger partial charge is 0.257 e. The number of aromatic nitrogens is 5. The summed E-state index contributed by atoms with van der Waals surface area (Å²) < 4.78 is 12.3. The lowest BCUT2D eigenvalue weighted by molar-refractivity contribution is 0.0743. The Morgan fingerprint density at radius 2 is 1.74 bits per heavy atom. The fourth-order valence-corrected chi connectivity index (χ4v) is 4.12. The number of hydrogen-bond donors (Lipinski definition) is 0. The highest BCUT2D eigenvalue weighted by Gasteiger charge is 2.27. The molecule has 0 radical (unpaired) electrons. The number of halogens is 1. The summed E-state index contributed by atoms with van der Waals surface area (Å²) in [4.78, 5) is 25.9. The number of amides is 1. The normalized spacial score (nSPS) is 13.9. The molecule has 1 fully saturated rings. The van der Waals surface area contributed by atoms with Crippen molar-refractivity contribution >= 4 is 34.5 Å². The van der Waals surface area contributed by atoms with E-state index in [1.54, 1.807) is 49.2 Å². The number of carbonyl (C=O) groups excluding carboxylic acids is 1. The molecular formula is C23H22ClN7O3. The van der Waals surface area contributed by atoms with Crippen LogP contribution >= 0.6 is 11.6 Å². The van der Waals surface area contributed by atoms with E-state index in [1.165, 1.54) is 6.33 Å². The number of benzene rings is 2. The summed E-state index contributed by atoms with van der Waals surface area (Å²) >= 11 is 6.00. The Bertz CT molecular complexity index is 1330. The first-order chi connectivity index (χ1) is 16.6. The third-order valence-electron chi connectivity index (χ3n) is 5.80. The van der Waals surface area contributed by atoms with Gasteiger partial charge in [0.2, 0.25) is 0 Å². The minimum atomic E-state index is -0.0827.